The molecule has 0 atom stereocenters. The van der Waals surface area contributed by atoms with Gasteiger partial charge in [0.25, 0.3) is 0 Å². The molecular formula is C10H13BrFNO2S. The molecule has 1 N–H and O–H groups in total. The van der Waals surface area contributed by atoms with E-state index < -0.39 is 9.84 Å². The Labute approximate surface area is 103 Å². The van der Waals surface area contributed by atoms with Crippen LogP contribution in [0.5, 0.6) is 0 Å². The molecule has 6 heteroatoms. The highest BCUT2D eigenvalue weighted by molar-refractivity contribution is 9.10. The predicted molar refractivity (Wildman–Crippen MR) is 66.9 cm³/mol. The number of benzene rings is 1. The Hall–Kier alpha value is -0.620. The van der Waals surface area contributed by atoms with Crippen LogP contribution in [0.4, 0.5) is 10.1 Å². The molecule has 0 saturated heterocycles. The lowest BCUT2D eigenvalue weighted by Crippen LogP contribution is -2.09. The fraction of sp³-hybridized carbons (Fsp3) is 0.400. The minimum atomic E-state index is -2.90. The van der Waals surface area contributed by atoms with Gasteiger partial charge in [0.1, 0.15) is 15.7 Å². The van der Waals surface area contributed by atoms with Gasteiger partial charge in [-0.1, -0.05) is 0 Å². The van der Waals surface area contributed by atoms with Gasteiger partial charge in [0.15, 0.2) is 0 Å². The Morgan fingerprint density at radius 1 is 1.44 bits per heavy atom. The molecule has 0 fully saturated rings. The highest BCUT2D eigenvalue weighted by Crippen LogP contribution is 2.19. The molecule has 0 amide bonds. The summed E-state index contributed by atoms with van der Waals surface area (Å²) in [7, 11) is -2.90. The maximum atomic E-state index is 12.9. The van der Waals surface area contributed by atoms with Gasteiger partial charge >= 0.3 is 0 Å². The van der Waals surface area contributed by atoms with E-state index in [1.165, 1.54) is 12.3 Å². The fourth-order valence-corrected chi connectivity index (χ4v) is 2.22. The largest absolute Gasteiger partial charge is 0.385 e. The maximum absolute atomic E-state index is 12.9. The van der Waals surface area contributed by atoms with Crippen molar-refractivity contribution in [2.24, 2.45) is 0 Å². The van der Waals surface area contributed by atoms with Gasteiger partial charge in [-0.05, 0) is 40.5 Å². The van der Waals surface area contributed by atoms with Crippen LogP contribution in [0, 0.1) is 5.82 Å². The van der Waals surface area contributed by atoms with Crippen LogP contribution in [0.2, 0.25) is 0 Å². The van der Waals surface area contributed by atoms with E-state index in [1.54, 1.807) is 12.1 Å². The summed E-state index contributed by atoms with van der Waals surface area (Å²) in [5.74, 6) is -0.163. The smallest absolute Gasteiger partial charge is 0.147 e. The SMILES string of the molecule is CS(=O)(=O)CCCNc1ccc(F)c(Br)c1. The molecule has 0 radical (unpaired) electrons. The first-order chi connectivity index (χ1) is 7.38. The molecule has 0 aliphatic carbocycles. The van der Waals surface area contributed by atoms with Crippen LogP contribution < -0.4 is 5.32 Å². The van der Waals surface area contributed by atoms with Crippen molar-refractivity contribution in [3.05, 3.63) is 28.5 Å². The lowest BCUT2D eigenvalue weighted by molar-refractivity contribution is 0.600. The van der Waals surface area contributed by atoms with Gasteiger partial charge in [-0.2, -0.15) is 0 Å². The molecule has 0 saturated carbocycles. The zero-order valence-electron chi connectivity index (χ0n) is 8.83. The lowest BCUT2D eigenvalue weighted by Gasteiger charge is -2.06. The van der Waals surface area contributed by atoms with E-state index in [-0.39, 0.29) is 11.6 Å². The third-order valence-electron chi connectivity index (χ3n) is 1.94. The molecule has 0 aromatic heterocycles. The molecule has 0 aliphatic heterocycles. The van der Waals surface area contributed by atoms with Crippen LogP contribution in [0.1, 0.15) is 6.42 Å². The Morgan fingerprint density at radius 2 is 2.12 bits per heavy atom. The first-order valence-electron chi connectivity index (χ1n) is 4.75. The minimum absolute atomic E-state index is 0.155. The van der Waals surface area contributed by atoms with Crippen LogP contribution in [0.3, 0.4) is 0 Å². The first-order valence-corrected chi connectivity index (χ1v) is 7.60. The molecule has 0 aliphatic rings. The summed E-state index contributed by atoms with van der Waals surface area (Å²) in [5.41, 5.74) is 0.766. The van der Waals surface area contributed by atoms with Gasteiger partial charge in [0.05, 0.1) is 10.2 Å². The molecule has 0 bridgehead atoms. The van der Waals surface area contributed by atoms with Gasteiger partial charge in [-0.25, -0.2) is 12.8 Å². The number of rotatable bonds is 5. The number of hydrogen-bond donors (Lipinski definition) is 1. The summed E-state index contributed by atoms with van der Waals surface area (Å²) < 4.78 is 35.0. The van der Waals surface area contributed by atoms with Gasteiger partial charge < -0.3 is 5.32 Å². The van der Waals surface area contributed by atoms with E-state index in [2.05, 4.69) is 21.2 Å². The predicted octanol–water partition coefficient (Wildman–Crippen LogP) is 2.43. The van der Waals surface area contributed by atoms with Crippen molar-refractivity contribution >= 4 is 31.5 Å². The summed E-state index contributed by atoms with van der Waals surface area (Å²) in [6.45, 7) is 0.547. The van der Waals surface area contributed by atoms with Crippen molar-refractivity contribution in [3.63, 3.8) is 0 Å². The molecule has 16 heavy (non-hydrogen) atoms. The second kappa shape index (κ2) is 5.63. The first kappa shape index (κ1) is 13.4. The Balaban J connectivity index is 2.41. The zero-order chi connectivity index (χ0) is 12.2. The van der Waals surface area contributed by atoms with Gasteiger partial charge in [-0.3, -0.25) is 0 Å². The van der Waals surface area contributed by atoms with E-state index in [0.29, 0.717) is 17.4 Å². The van der Waals surface area contributed by atoms with Crippen LogP contribution in [-0.2, 0) is 9.84 Å². The molecule has 1 aromatic carbocycles. The Kier molecular flexibility index (Phi) is 4.73. The minimum Gasteiger partial charge on any atom is -0.385 e. The van der Waals surface area contributed by atoms with E-state index in [0.717, 1.165) is 5.69 Å². The van der Waals surface area contributed by atoms with E-state index in [1.807, 2.05) is 0 Å². The summed E-state index contributed by atoms with van der Waals surface area (Å²) in [4.78, 5) is 0. The molecular weight excluding hydrogens is 297 g/mol. The van der Waals surface area contributed by atoms with Crippen molar-refractivity contribution in [2.75, 3.05) is 23.9 Å². The van der Waals surface area contributed by atoms with Gasteiger partial charge in [0, 0.05) is 18.5 Å². The summed E-state index contributed by atoms with van der Waals surface area (Å²) in [6.07, 6.45) is 1.75. The standard InChI is InChI=1S/C10H13BrFNO2S/c1-16(14,15)6-2-5-13-8-3-4-10(12)9(11)7-8/h3-4,7,13H,2,5-6H2,1H3. The van der Waals surface area contributed by atoms with Gasteiger partial charge in [-0.15, -0.1) is 0 Å². The Morgan fingerprint density at radius 3 is 2.69 bits per heavy atom. The second-order valence-corrected chi connectivity index (χ2v) is 6.65. The Bertz CT molecular complexity index is 462. The molecule has 90 valence electrons. The normalized spacial score (nSPS) is 11.4. The van der Waals surface area contributed by atoms with Crippen molar-refractivity contribution in [1.82, 2.24) is 0 Å². The molecule has 3 nitrogen and oxygen atoms in total. The summed E-state index contributed by atoms with van der Waals surface area (Å²) >= 11 is 3.08. The second-order valence-electron chi connectivity index (χ2n) is 3.54. The van der Waals surface area contributed by atoms with Crippen molar-refractivity contribution in [2.45, 2.75) is 6.42 Å². The van der Waals surface area contributed by atoms with E-state index in [9.17, 15) is 12.8 Å². The van der Waals surface area contributed by atoms with Crippen molar-refractivity contribution in [1.29, 1.82) is 0 Å². The quantitative estimate of drug-likeness (QED) is 0.850. The molecule has 1 aromatic rings. The topological polar surface area (TPSA) is 46.2 Å². The summed E-state index contributed by atoms with van der Waals surface area (Å²) in [5, 5.41) is 3.02. The number of sulfone groups is 1. The zero-order valence-corrected chi connectivity index (χ0v) is 11.2. The highest BCUT2D eigenvalue weighted by atomic mass is 79.9. The van der Waals surface area contributed by atoms with Crippen LogP contribution in [0.15, 0.2) is 22.7 Å². The van der Waals surface area contributed by atoms with Crippen LogP contribution in [0.25, 0.3) is 0 Å². The fourth-order valence-electron chi connectivity index (χ4n) is 1.17. The third kappa shape index (κ3) is 4.94. The lowest BCUT2D eigenvalue weighted by atomic mass is 10.3. The molecule has 0 heterocycles. The molecule has 0 spiro atoms. The van der Waals surface area contributed by atoms with Crippen molar-refractivity contribution < 1.29 is 12.8 Å². The van der Waals surface area contributed by atoms with Crippen LogP contribution in [-0.4, -0.2) is 27.0 Å². The van der Waals surface area contributed by atoms with E-state index >= 15 is 0 Å². The van der Waals surface area contributed by atoms with Crippen LogP contribution >= 0.6 is 15.9 Å². The average Bonchev–Trinajstić information content (AvgIpc) is 2.17. The number of anilines is 1. The van der Waals surface area contributed by atoms with Gasteiger partial charge in [0.2, 0.25) is 0 Å². The number of nitrogens with one attached hydrogen (secondary N) is 1. The summed E-state index contributed by atoms with van der Waals surface area (Å²) in [6, 6.07) is 4.58. The number of halogens is 2. The highest BCUT2D eigenvalue weighted by Gasteiger charge is 2.02. The molecule has 1 rings (SSSR count). The number of hydrogen-bond acceptors (Lipinski definition) is 3. The molecule has 0 unspecified atom stereocenters. The van der Waals surface area contributed by atoms with E-state index in [4.69, 9.17) is 0 Å². The monoisotopic (exact) mass is 309 g/mol. The maximum Gasteiger partial charge on any atom is 0.147 e. The third-order valence-corrected chi connectivity index (χ3v) is 3.58. The average molecular weight is 310 g/mol. The van der Waals surface area contributed by atoms with Crippen molar-refractivity contribution in [3.8, 4) is 0 Å².